The highest BCUT2D eigenvalue weighted by molar-refractivity contribution is 9.10. The van der Waals surface area contributed by atoms with Crippen LogP contribution in [0.2, 0.25) is 0 Å². The Morgan fingerprint density at radius 2 is 1.92 bits per heavy atom. The molecule has 1 heterocycles. The summed E-state index contributed by atoms with van der Waals surface area (Å²) in [5.41, 5.74) is 3.92. The molecule has 0 aliphatic carbocycles. The molecule has 26 heavy (non-hydrogen) atoms. The molecule has 0 saturated carbocycles. The highest BCUT2D eigenvalue weighted by Gasteiger charge is 2.10. The first-order chi connectivity index (χ1) is 12.4. The molecule has 0 atom stereocenters. The van der Waals surface area contributed by atoms with Gasteiger partial charge in [0.05, 0.1) is 0 Å². The Kier molecular flexibility index (Phi) is 5.46. The number of carbonyl (C=O) groups is 1. The Morgan fingerprint density at radius 1 is 1.19 bits per heavy atom. The molecule has 0 spiro atoms. The van der Waals surface area contributed by atoms with Gasteiger partial charge in [0, 0.05) is 15.7 Å². The zero-order valence-corrected chi connectivity index (χ0v) is 16.5. The van der Waals surface area contributed by atoms with Gasteiger partial charge in [0.25, 0.3) is 0 Å². The highest BCUT2D eigenvalue weighted by Crippen LogP contribution is 2.21. The maximum Gasteiger partial charge on any atom is 0.248 e. The topological polar surface area (TPSA) is 72.7 Å². The van der Waals surface area contributed by atoms with Gasteiger partial charge in [-0.25, -0.2) is 0 Å². The number of aromatic nitrogens is 4. The number of hydrogen-bond donors (Lipinski definition) is 1. The molecule has 0 aliphatic rings. The van der Waals surface area contributed by atoms with Crippen molar-refractivity contribution in [1.29, 1.82) is 0 Å². The summed E-state index contributed by atoms with van der Waals surface area (Å²) in [6.45, 7) is 6.27. The first-order valence-electron chi connectivity index (χ1n) is 8.36. The number of halogens is 1. The summed E-state index contributed by atoms with van der Waals surface area (Å²) in [4.78, 5) is 13.5. The lowest BCUT2D eigenvalue weighted by Crippen LogP contribution is -2.20. The van der Waals surface area contributed by atoms with E-state index in [4.69, 9.17) is 0 Å². The van der Waals surface area contributed by atoms with Gasteiger partial charge in [0.1, 0.15) is 6.54 Å². The third-order valence-electron chi connectivity index (χ3n) is 4.02. The molecule has 3 aromatic rings. The highest BCUT2D eigenvalue weighted by atomic mass is 79.9. The second-order valence-corrected chi connectivity index (χ2v) is 7.29. The smallest absolute Gasteiger partial charge is 0.248 e. The first kappa shape index (κ1) is 18.3. The number of carbonyl (C=O) groups excluding carboxylic acids is 1. The fraction of sp³-hybridized carbons (Fsp3) is 0.263. The van der Waals surface area contributed by atoms with Crippen molar-refractivity contribution in [2.45, 2.75) is 33.2 Å². The number of benzene rings is 2. The quantitative estimate of drug-likeness (QED) is 0.680. The Morgan fingerprint density at radius 3 is 2.58 bits per heavy atom. The van der Waals surface area contributed by atoms with Crippen LogP contribution in [0.1, 0.15) is 30.9 Å². The fourth-order valence-electron chi connectivity index (χ4n) is 2.49. The minimum atomic E-state index is -0.203. The normalized spacial score (nSPS) is 11.0. The SMILES string of the molecule is Cc1cc(NC(=O)Cn2nnc(-c3ccc(C(C)C)cc3)n2)ccc1Br. The number of anilines is 1. The van der Waals surface area contributed by atoms with Crippen molar-refractivity contribution >= 4 is 27.5 Å². The van der Waals surface area contributed by atoms with Crippen LogP contribution in [0, 0.1) is 6.92 Å². The molecule has 2 aromatic carbocycles. The van der Waals surface area contributed by atoms with Crippen LogP contribution in [0.5, 0.6) is 0 Å². The average molecular weight is 414 g/mol. The fourth-order valence-corrected chi connectivity index (χ4v) is 2.74. The largest absolute Gasteiger partial charge is 0.324 e. The summed E-state index contributed by atoms with van der Waals surface area (Å²) >= 11 is 3.44. The predicted molar refractivity (Wildman–Crippen MR) is 105 cm³/mol. The maximum absolute atomic E-state index is 12.2. The molecule has 1 amide bonds. The van der Waals surface area contributed by atoms with Crippen molar-refractivity contribution in [3.63, 3.8) is 0 Å². The molecule has 6 nitrogen and oxygen atoms in total. The zero-order chi connectivity index (χ0) is 18.7. The summed E-state index contributed by atoms with van der Waals surface area (Å²) in [6, 6.07) is 13.7. The van der Waals surface area contributed by atoms with E-state index >= 15 is 0 Å². The van der Waals surface area contributed by atoms with Crippen LogP contribution in [0.4, 0.5) is 5.69 Å². The van der Waals surface area contributed by atoms with E-state index in [1.54, 1.807) is 0 Å². The van der Waals surface area contributed by atoms with Crippen molar-refractivity contribution in [2.75, 3.05) is 5.32 Å². The molecule has 0 bridgehead atoms. The van der Waals surface area contributed by atoms with Gasteiger partial charge in [0.15, 0.2) is 0 Å². The standard InChI is InChI=1S/C19H20BrN5O/c1-12(2)14-4-6-15(7-5-14)19-22-24-25(23-19)11-18(26)21-16-8-9-17(20)13(3)10-16/h4-10,12H,11H2,1-3H3,(H,21,26). The Bertz CT molecular complexity index is 918. The van der Waals surface area contributed by atoms with Gasteiger partial charge in [-0.05, 0) is 47.4 Å². The lowest BCUT2D eigenvalue weighted by atomic mass is 10.0. The van der Waals surface area contributed by atoms with E-state index in [-0.39, 0.29) is 12.5 Å². The first-order valence-corrected chi connectivity index (χ1v) is 9.16. The minimum Gasteiger partial charge on any atom is -0.324 e. The molecular weight excluding hydrogens is 394 g/mol. The molecule has 134 valence electrons. The van der Waals surface area contributed by atoms with E-state index in [2.05, 4.69) is 62.6 Å². The Balaban J connectivity index is 1.65. The van der Waals surface area contributed by atoms with Crippen molar-refractivity contribution in [3.8, 4) is 11.4 Å². The van der Waals surface area contributed by atoms with Gasteiger partial charge in [-0.2, -0.15) is 4.80 Å². The molecular formula is C19H20BrN5O. The number of nitrogens with zero attached hydrogens (tertiary/aromatic N) is 4. The number of aryl methyl sites for hydroxylation is 1. The van der Waals surface area contributed by atoms with Gasteiger partial charge >= 0.3 is 0 Å². The molecule has 0 saturated heterocycles. The molecule has 3 rings (SSSR count). The van der Waals surface area contributed by atoms with Gasteiger partial charge in [-0.1, -0.05) is 54.0 Å². The van der Waals surface area contributed by atoms with Crippen molar-refractivity contribution < 1.29 is 4.79 Å². The summed E-state index contributed by atoms with van der Waals surface area (Å²) < 4.78 is 1.00. The number of nitrogens with one attached hydrogen (secondary N) is 1. The lowest BCUT2D eigenvalue weighted by Gasteiger charge is -2.06. The third-order valence-corrected chi connectivity index (χ3v) is 4.90. The molecule has 7 heteroatoms. The monoisotopic (exact) mass is 413 g/mol. The molecule has 0 aliphatic heterocycles. The van der Waals surface area contributed by atoms with Crippen molar-refractivity contribution in [3.05, 3.63) is 58.1 Å². The predicted octanol–water partition coefficient (Wildman–Crippen LogP) is 4.17. The number of hydrogen-bond acceptors (Lipinski definition) is 4. The van der Waals surface area contributed by atoms with E-state index in [9.17, 15) is 4.79 Å². The van der Waals surface area contributed by atoms with Crippen LogP contribution in [0.15, 0.2) is 46.9 Å². The number of tetrazole rings is 1. The van der Waals surface area contributed by atoms with Gasteiger partial charge in [0.2, 0.25) is 11.7 Å². The van der Waals surface area contributed by atoms with E-state index in [1.807, 2.05) is 37.3 Å². The summed E-state index contributed by atoms with van der Waals surface area (Å²) in [6.07, 6.45) is 0. The Labute approximate surface area is 160 Å². The van der Waals surface area contributed by atoms with E-state index in [0.29, 0.717) is 11.7 Å². The minimum absolute atomic E-state index is 0.00614. The van der Waals surface area contributed by atoms with Gasteiger partial charge in [-0.15, -0.1) is 10.2 Å². The zero-order valence-electron chi connectivity index (χ0n) is 14.9. The molecule has 0 unspecified atom stereocenters. The van der Waals surface area contributed by atoms with E-state index in [1.165, 1.54) is 10.4 Å². The average Bonchev–Trinajstić information content (AvgIpc) is 3.06. The van der Waals surface area contributed by atoms with Crippen LogP contribution in [0.25, 0.3) is 11.4 Å². The third kappa shape index (κ3) is 4.35. The summed E-state index contributed by atoms with van der Waals surface area (Å²) in [7, 11) is 0. The molecule has 1 aromatic heterocycles. The van der Waals surface area contributed by atoms with Crippen LogP contribution in [-0.4, -0.2) is 26.1 Å². The van der Waals surface area contributed by atoms with Gasteiger partial charge < -0.3 is 5.32 Å². The maximum atomic E-state index is 12.2. The molecule has 0 radical (unpaired) electrons. The summed E-state index contributed by atoms with van der Waals surface area (Å²) in [5.74, 6) is 0.775. The van der Waals surface area contributed by atoms with Crippen molar-refractivity contribution in [2.24, 2.45) is 0 Å². The Hall–Kier alpha value is -2.54. The van der Waals surface area contributed by atoms with Crippen LogP contribution in [-0.2, 0) is 11.3 Å². The summed E-state index contributed by atoms with van der Waals surface area (Å²) in [5, 5.41) is 15.1. The second-order valence-electron chi connectivity index (χ2n) is 6.43. The molecule has 1 N–H and O–H groups in total. The van der Waals surface area contributed by atoms with E-state index < -0.39 is 0 Å². The van der Waals surface area contributed by atoms with Gasteiger partial charge in [-0.3, -0.25) is 4.79 Å². The van der Waals surface area contributed by atoms with Crippen LogP contribution in [0.3, 0.4) is 0 Å². The molecule has 0 fully saturated rings. The second kappa shape index (κ2) is 7.78. The van der Waals surface area contributed by atoms with Crippen LogP contribution < -0.4 is 5.32 Å². The van der Waals surface area contributed by atoms with Crippen LogP contribution >= 0.6 is 15.9 Å². The van der Waals surface area contributed by atoms with Crippen molar-refractivity contribution in [1.82, 2.24) is 20.2 Å². The lowest BCUT2D eigenvalue weighted by molar-refractivity contribution is -0.117. The number of rotatable bonds is 5. The van der Waals surface area contributed by atoms with E-state index in [0.717, 1.165) is 21.3 Å². The number of amides is 1.